The van der Waals surface area contributed by atoms with E-state index < -0.39 is 0 Å². The second-order valence-electron chi connectivity index (χ2n) is 7.65. The van der Waals surface area contributed by atoms with Gasteiger partial charge in [-0.05, 0) is 42.7 Å². The molecule has 1 aliphatic carbocycles. The number of methoxy groups -OCH3 is 1. The molecule has 2 saturated heterocycles. The zero-order valence-corrected chi connectivity index (χ0v) is 19.3. The third kappa shape index (κ3) is 4.08. The van der Waals surface area contributed by atoms with E-state index in [0.717, 1.165) is 39.1 Å². The topological polar surface area (TPSA) is 64.8 Å². The number of nitrogens with zero attached hydrogens (tertiary/aromatic N) is 1. The molecule has 0 aromatic carbocycles. The van der Waals surface area contributed by atoms with Crippen LogP contribution in [0.2, 0.25) is 0 Å². The van der Waals surface area contributed by atoms with Gasteiger partial charge in [0.05, 0.1) is 4.88 Å². The van der Waals surface area contributed by atoms with Gasteiger partial charge in [0.15, 0.2) is 0 Å². The summed E-state index contributed by atoms with van der Waals surface area (Å²) in [5.41, 5.74) is 5.24. The van der Waals surface area contributed by atoms with Crippen LogP contribution in [0.5, 0.6) is 0 Å². The van der Waals surface area contributed by atoms with E-state index in [1.54, 1.807) is 0 Å². The van der Waals surface area contributed by atoms with Gasteiger partial charge in [0.1, 0.15) is 5.60 Å². The molecule has 2 aliphatic heterocycles. The van der Waals surface area contributed by atoms with Gasteiger partial charge in [-0.2, -0.15) is 0 Å². The number of ether oxygens (including phenoxy) is 2. The minimum Gasteiger partial charge on any atom is -0.381 e. The molecule has 2 unspecified atom stereocenters. The van der Waals surface area contributed by atoms with Gasteiger partial charge in [0.25, 0.3) is 5.91 Å². The van der Waals surface area contributed by atoms with Crippen LogP contribution in [0.25, 0.3) is 0 Å². The quantitative estimate of drug-likeness (QED) is 0.500. The molecule has 27 heavy (non-hydrogen) atoms. The smallest absolute Gasteiger partial charge is 0.258 e. The molecule has 0 spiro atoms. The molecule has 2 atom stereocenters. The Kier molecular flexibility index (Phi) is 7.58. The highest BCUT2D eigenvalue weighted by molar-refractivity contribution is 14.1. The van der Waals surface area contributed by atoms with Gasteiger partial charge in [-0.15, -0.1) is 11.3 Å². The predicted molar refractivity (Wildman–Crippen MR) is 118 cm³/mol. The van der Waals surface area contributed by atoms with E-state index in [4.69, 9.17) is 15.2 Å². The average Bonchev–Trinajstić information content (AvgIpc) is 3.20. The molecule has 3 fully saturated rings. The van der Waals surface area contributed by atoms with Crippen molar-refractivity contribution in [3.63, 3.8) is 0 Å². The summed E-state index contributed by atoms with van der Waals surface area (Å²) in [6, 6.07) is 4.59. The standard InChI is InChI=1S/C19H28N2O3S.CH3I/c1-23-19(17-6-5-16(25-17)18(20)22)13-3-2-4-14(19)12-21(11-13)15-7-9-24-10-8-15;1-2/h5-6,13-15H,2-4,7-12H2,1H3,(H2,20,22);1H3. The van der Waals surface area contributed by atoms with Crippen molar-refractivity contribution in [3.8, 4) is 0 Å². The molecule has 1 aromatic heterocycles. The number of fused-ring (bicyclic) bond motifs is 2. The monoisotopic (exact) mass is 506 g/mol. The summed E-state index contributed by atoms with van der Waals surface area (Å²) < 4.78 is 11.8. The number of hydrogen-bond donors (Lipinski definition) is 1. The van der Waals surface area contributed by atoms with Gasteiger partial charge in [-0.3, -0.25) is 9.69 Å². The number of halogens is 1. The van der Waals surface area contributed by atoms with Gasteiger partial charge < -0.3 is 15.2 Å². The lowest BCUT2D eigenvalue weighted by Crippen LogP contribution is -2.61. The van der Waals surface area contributed by atoms with E-state index in [-0.39, 0.29) is 11.5 Å². The maximum atomic E-state index is 11.6. The number of rotatable bonds is 4. The fourth-order valence-corrected chi connectivity index (χ4v) is 6.52. The highest BCUT2D eigenvalue weighted by atomic mass is 127. The predicted octanol–water partition coefficient (Wildman–Crippen LogP) is 3.65. The fourth-order valence-electron chi connectivity index (χ4n) is 5.33. The maximum absolute atomic E-state index is 11.6. The number of nitrogens with two attached hydrogens (primary N) is 1. The van der Waals surface area contributed by atoms with Crippen molar-refractivity contribution in [3.05, 3.63) is 21.9 Å². The summed E-state index contributed by atoms with van der Waals surface area (Å²) in [5.74, 6) is 0.617. The molecule has 2 N–H and O–H groups in total. The van der Waals surface area contributed by atoms with Gasteiger partial charge in [-0.1, -0.05) is 29.0 Å². The lowest BCUT2D eigenvalue weighted by Gasteiger charge is -2.56. The van der Waals surface area contributed by atoms with Crippen LogP contribution in [0.15, 0.2) is 12.1 Å². The van der Waals surface area contributed by atoms with Crippen LogP contribution in [0.1, 0.15) is 46.7 Å². The Morgan fingerprint density at radius 3 is 2.37 bits per heavy atom. The Morgan fingerprint density at radius 1 is 1.22 bits per heavy atom. The van der Waals surface area contributed by atoms with Gasteiger partial charge >= 0.3 is 0 Å². The number of alkyl halides is 1. The molecule has 4 rings (SSSR count). The van der Waals surface area contributed by atoms with Crippen LogP contribution in [-0.4, -0.2) is 55.2 Å². The molecule has 7 heteroatoms. The average molecular weight is 506 g/mol. The van der Waals surface area contributed by atoms with Crippen molar-refractivity contribution in [2.24, 2.45) is 17.6 Å². The van der Waals surface area contributed by atoms with E-state index in [2.05, 4.69) is 33.6 Å². The largest absolute Gasteiger partial charge is 0.381 e. The van der Waals surface area contributed by atoms with E-state index >= 15 is 0 Å². The second-order valence-corrected chi connectivity index (χ2v) is 8.73. The van der Waals surface area contributed by atoms with Crippen LogP contribution in [0.3, 0.4) is 0 Å². The molecule has 3 heterocycles. The molecule has 1 amide bonds. The lowest BCUT2D eigenvalue weighted by atomic mass is 9.64. The summed E-state index contributed by atoms with van der Waals surface area (Å²) in [7, 11) is 1.85. The zero-order chi connectivity index (χ0) is 19.4. The van der Waals surface area contributed by atoms with Gasteiger partial charge in [-0.25, -0.2) is 0 Å². The van der Waals surface area contributed by atoms with Crippen molar-refractivity contribution < 1.29 is 14.3 Å². The van der Waals surface area contributed by atoms with Crippen molar-refractivity contribution in [1.82, 2.24) is 4.90 Å². The number of likely N-dealkylation sites (tertiary alicyclic amines) is 1. The summed E-state index contributed by atoms with van der Waals surface area (Å²) in [6.45, 7) is 3.94. The Balaban J connectivity index is 0.00000102. The van der Waals surface area contributed by atoms with Crippen molar-refractivity contribution in [1.29, 1.82) is 0 Å². The van der Waals surface area contributed by atoms with Crippen molar-refractivity contribution in [2.75, 3.05) is 38.3 Å². The van der Waals surface area contributed by atoms with Crippen molar-refractivity contribution >= 4 is 39.8 Å². The normalized spacial score (nSPS) is 31.8. The van der Waals surface area contributed by atoms with Crippen LogP contribution in [-0.2, 0) is 15.1 Å². The summed E-state index contributed by atoms with van der Waals surface area (Å²) in [5, 5.41) is 0. The minimum atomic E-state index is -0.340. The molecule has 1 saturated carbocycles. The minimum absolute atomic E-state index is 0.252. The van der Waals surface area contributed by atoms with Crippen LogP contribution < -0.4 is 5.73 Å². The lowest BCUT2D eigenvalue weighted by molar-refractivity contribution is -0.175. The SMILES string of the molecule is CI.COC1(c2ccc(C(N)=O)s2)C2CCCC1CN(C1CCOCC1)C2. The summed E-state index contributed by atoms with van der Waals surface area (Å²) >= 11 is 3.68. The number of carbonyl (C=O) groups excluding carboxylic acids is 1. The highest BCUT2D eigenvalue weighted by Gasteiger charge is 2.54. The van der Waals surface area contributed by atoms with Crippen LogP contribution >= 0.6 is 33.9 Å². The third-order valence-electron chi connectivity index (χ3n) is 6.51. The number of amides is 1. The molecule has 0 radical (unpaired) electrons. The Bertz CT molecular complexity index is 618. The fraction of sp³-hybridized carbons (Fsp3) is 0.750. The van der Waals surface area contributed by atoms with E-state index in [0.29, 0.717) is 22.8 Å². The van der Waals surface area contributed by atoms with Crippen molar-refractivity contribution in [2.45, 2.75) is 43.7 Å². The number of piperidine rings is 1. The summed E-state index contributed by atoms with van der Waals surface area (Å²) in [4.78, 5) is 18.0. The molecule has 1 aromatic rings. The number of thiophene rings is 1. The number of carbonyl (C=O) groups is 1. The van der Waals surface area contributed by atoms with Crippen LogP contribution in [0, 0.1) is 11.8 Å². The Labute approximate surface area is 180 Å². The second kappa shape index (κ2) is 9.52. The molecule has 3 aliphatic rings. The number of hydrogen-bond acceptors (Lipinski definition) is 5. The molecule has 152 valence electrons. The first kappa shape index (κ1) is 21.5. The maximum Gasteiger partial charge on any atom is 0.258 e. The van der Waals surface area contributed by atoms with Crippen LogP contribution in [0.4, 0.5) is 0 Å². The van der Waals surface area contributed by atoms with E-state index in [9.17, 15) is 4.79 Å². The summed E-state index contributed by atoms with van der Waals surface area (Å²) in [6.07, 6.45) is 5.94. The van der Waals surface area contributed by atoms with Gasteiger partial charge in [0, 0.05) is 56.2 Å². The first-order valence-corrected chi connectivity index (χ1v) is 12.8. The van der Waals surface area contributed by atoms with E-state index in [1.165, 1.54) is 35.5 Å². The number of primary amides is 1. The Hall–Kier alpha value is -0.220. The molecule has 5 nitrogen and oxygen atoms in total. The first-order chi connectivity index (χ1) is 13.1. The molecular weight excluding hydrogens is 475 g/mol. The third-order valence-corrected chi connectivity index (χ3v) is 7.74. The van der Waals surface area contributed by atoms with E-state index in [1.807, 2.05) is 18.1 Å². The van der Waals surface area contributed by atoms with Gasteiger partial charge in [0.2, 0.25) is 0 Å². The highest BCUT2D eigenvalue weighted by Crippen LogP contribution is 2.53. The Morgan fingerprint density at radius 2 is 1.85 bits per heavy atom. The molecule has 2 bridgehead atoms. The zero-order valence-electron chi connectivity index (χ0n) is 16.3. The first-order valence-electron chi connectivity index (χ1n) is 9.80. The molecular formula is C20H31IN2O3S.